The van der Waals surface area contributed by atoms with Crippen LogP contribution >= 0.6 is 0 Å². The molecule has 1 amide bonds. The fraction of sp³-hybridized carbons (Fsp3) is 0.364. The minimum absolute atomic E-state index is 0.130. The molecular formula is C22H21F4NO4. The maximum Gasteiger partial charge on any atom is 0.431 e. The summed E-state index contributed by atoms with van der Waals surface area (Å²) in [5, 5.41) is 0. The summed E-state index contributed by atoms with van der Waals surface area (Å²) in [7, 11) is 1.05. The topological polar surface area (TPSA) is 55.8 Å². The lowest BCUT2D eigenvalue weighted by Crippen LogP contribution is -2.56. The molecule has 0 aromatic heterocycles. The zero-order valence-electron chi connectivity index (χ0n) is 16.9. The van der Waals surface area contributed by atoms with Gasteiger partial charge in [-0.3, -0.25) is 4.79 Å². The summed E-state index contributed by atoms with van der Waals surface area (Å²) in [6.07, 6.45) is -5.29. The van der Waals surface area contributed by atoms with Crippen LogP contribution in [-0.2, 0) is 27.4 Å². The molecule has 0 saturated carbocycles. The van der Waals surface area contributed by atoms with Crippen molar-refractivity contribution in [1.29, 1.82) is 0 Å². The molecule has 5 nitrogen and oxygen atoms in total. The summed E-state index contributed by atoms with van der Waals surface area (Å²) in [5.74, 6) is -2.28. The van der Waals surface area contributed by atoms with Crippen LogP contribution in [0.5, 0.6) is 5.75 Å². The van der Waals surface area contributed by atoms with Gasteiger partial charge in [0.1, 0.15) is 12.4 Å². The molecule has 2 aromatic rings. The van der Waals surface area contributed by atoms with Gasteiger partial charge in [0.25, 0.3) is 11.6 Å². The van der Waals surface area contributed by atoms with Crippen LogP contribution in [-0.4, -0.2) is 42.3 Å². The predicted molar refractivity (Wildman–Crippen MR) is 103 cm³/mol. The number of ether oxygens (including phenoxy) is 2. The van der Waals surface area contributed by atoms with Crippen LogP contribution < -0.4 is 4.74 Å². The number of carbonyl (C=O) groups excluding carboxylic acids is 2. The number of fused-ring (bicyclic) bond motifs is 1. The first-order valence-corrected chi connectivity index (χ1v) is 9.50. The second-order valence-electron chi connectivity index (χ2n) is 7.31. The number of hydrogen-bond acceptors (Lipinski definition) is 4. The Balaban J connectivity index is 1.88. The Bertz CT molecular complexity index is 960. The highest BCUT2D eigenvalue weighted by Crippen LogP contribution is 2.40. The second-order valence-corrected chi connectivity index (χ2v) is 7.31. The van der Waals surface area contributed by atoms with Crippen LogP contribution in [0.4, 0.5) is 17.6 Å². The number of benzene rings is 2. The molecule has 1 heterocycles. The van der Waals surface area contributed by atoms with Crippen molar-refractivity contribution in [2.45, 2.75) is 37.8 Å². The third-order valence-electron chi connectivity index (χ3n) is 5.21. The number of carbonyl (C=O) groups is 2. The first-order valence-electron chi connectivity index (χ1n) is 9.50. The fourth-order valence-electron chi connectivity index (χ4n) is 3.41. The molecule has 0 bridgehead atoms. The number of esters is 1. The highest BCUT2D eigenvalue weighted by atomic mass is 19.4. The van der Waals surface area contributed by atoms with E-state index in [-0.39, 0.29) is 25.5 Å². The Morgan fingerprint density at radius 1 is 1.10 bits per heavy atom. The van der Waals surface area contributed by atoms with E-state index in [0.717, 1.165) is 12.7 Å². The van der Waals surface area contributed by atoms with E-state index in [0.29, 0.717) is 22.8 Å². The molecule has 2 aromatic carbocycles. The van der Waals surface area contributed by atoms with Crippen LogP contribution in [0.2, 0.25) is 0 Å². The van der Waals surface area contributed by atoms with Gasteiger partial charge in [0.2, 0.25) is 0 Å². The third kappa shape index (κ3) is 4.50. The van der Waals surface area contributed by atoms with Crippen LogP contribution in [0.25, 0.3) is 0 Å². The third-order valence-corrected chi connectivity index (χ3v) is 5.21. The Morgan fingerprint density at radius 3 is 2.39 bits per heavy atom. The minimum atomic E-state index is -5.42. The van der Waals surface area contributed by atoms with Gasteiger partial charge >= 0.3 is 12.1 Å². The molecule has 1 aliphatic heterocycles. The minimum Gasteiger partial charge on any atom is -0.489 e. The molecular weight excluding hydrogens is 418 g/mol. The number of halogens is 4. The molecule has 2 atom stereocenters. The Kier molecular flexibility index (Phi) is 6.24. The molecule has 31 heavy (non-hydrogen) atoms. The molecule has 166 valence electrons. The lowest BCUT2D eigenvalue weighted by molar-refractivity contribution is -0.228. The number of nitrogens with zero attached hydrogens (tertiary/aromatic N) is 1. The second kappa shape index (κ2) is 8.56. The lowest BCUT2D eigenvalue weighted by Gasteiger charge is -2.38. The van der Waals surface area contributed by atoms with Crippen molar-refractivity contribution in [1.82, 2.24) is 4.90 Å². The lowest BCUT2D eigenvalue weighted by atomic mass is 9.90. The summed E-state index contributed by atoms with van der Waals surface area (Å²) in [4.78, 5) is 25.4. The van der Waals surface area contributed by atoms with E-state index >= 15 is 0 Å². The van der Waals surface area contributed by atoms with Gasteiger partial charge in [0.05, 0.1) is 7.11 Å². The smallest absolute Gasteiger partial charge is 0.431 e. The van der Waals surface area contributed by atoms with Gasteiger partial charge < -0.3 is 14.4 Å². The van der Waals surface area contributed by atoms with Gasteiger partial charge in [-0.15, -0.1) is 0 Å². The number of amides is 1. The normalized spacial score (nSPS) is 18.0. The fourth-order valence-corrected chi connectivity index (χ4v) is 3.41. The highest BCUT2D eigenvalue weighted by molar-refractivity contribution is 5.91. The molecule has 1 aliphatic rings. The van der Waals surface area contributed by atoms with Crippen LogP contribution in [0.1, 0.15) is 29.7 Å². The van der Waals surface area contributed by atoms with Crippen molar-refractivity contribution in [3.8, 4) is 5.75 Å². The van der Waals surface area contributed by atoms with E-state index in [1.54, 1.807) is 12.1 Å². The summed E-state index contributed by atoms with van der Waals surface area (Å²) in [5.41, 5.74) is -2.30. The average molecular weight is 439 g/mol. The molecule has 9 heteroatoms. The molecule has 3 rings (SSSR count). The zero-order chi connectivity index (χ0) is 22.8. The highest BCUT2D eigenvalue weighted by Gasteiger charge is 2.60. The molecule has 0 aliphatic carbocycles. The van der Waals surface area contributed by atoms with Gasteiger partial charge in [0.15, 0.2) is 6.04 Å². The van der Waals surface area contributed by atoms with E-state index < -0.39 is 29.8 Å². The maximum absolute atomic E-state index is 14.3. The van der Waals surface area contributed by atoms with E-state index in [1.807, 2.05) is 30.3 Å². The Hall–Kier alpha value is -3.10. The monoisotopic (exact) mass is 439 g/mol. The predicted octanol–water partition coefficient (Wildman–Crippen LogP) is 4.15. The van der Waals surface area contributed by atoms with Crippen molar-refractivity contribution in [3.63, 3.8) is 0 Å². The molecule has 0 saturated heterocycles. The quantitative estimate of drug-likeness (QED) is 0.519. The number of rotatable bonds is 5. The summed E-state index contributed by atoms with van der Waals surface area (Å²) in [6.45, 7) is 0.180. The number of methoxy groups -OCH3 is 1. The summed E-state index contributed by atoms with van der Waals surface area (Å²) in [6, 6.07) is 12.6. The maximum atomic E-state index is 14.3. The Labute approximate surface area is 176 Å². The van der Waals surface area contributed by atoms with Crippen molar-refractivity contribution in [2.24, 2.45) is 0 Å². The first kappa shape index (κ1) is 22.6. The summed E-state index contributed by atoms with van der Waals surface area (Å²) >= 11 is 0. The van der Waals surface area contributed by atoms with Crippen LogP contribution in [0, 0.1) is 0 Å². The zero-order valence-corrected chi connectivity index (χ0v) is 16.9. The van der Waals surface area contributed by atoms with E-state index in [1.165, 1.54) is 6.07 Å². The molecule has 0 fully saturated rings. The average Bonchev–Trinajstić information content (AvgIpc) is 2.75. The van der Waals surface area contributed by atoms with E-state index in [2.05, 4.69) is 0 Å². The van der Waals surface area contributed by atoms with Gasteiger partial charge in [-0.2, -0.15) is 13.2 Å². The molecule has 0 radical (unpaired) electrons. The van der Waals surface area contributed by atoms with Gasteiger partial charge in [-0.05, 0) is 42.2 Å². The van der Waals surface area contributed by atoms with Gasteiger partial charge in [0, 0.05) is 6.54 Å². The van der Waals surface area contributed by atoms with Crippen molar-refractivity contribution >= 4 is 11.9 Å². The van der Waals surface area contributed by atoms with Crippen LogP contribution in [0.15, 0.2) is 48.5 Å². The number of hydrogen-bond donors (Lipinski definition) is 0. The molecule has 1 unspecified atom stereocenters. The van der Waals surface area contributed by atoms with Gasteiger partial charge in [-0.25, -0.2) is 9.18 Å². The van der Waals surface area contributed by atoms with Crippen molar-refractivity contribution < 1.29 is 36.6 Å². The van der Waals surface area contributed by atoms with Crippen molar-refractivity contribution in [2.75, 3.05) is 13.7 Å². The number of alkyl halides is 4. The van der Waals surface area contributed by atoms with Crippen molar-refractivity contribution in [3.05, 3.63) is 65.2 Å². The summed E-state index contributed by atoms with van der Waals surface area (Å²) < 4.78 is 64.0. The molecule has 0 spiro atoms. The van der Waals surface area contributed by atoms with E-state index in [9.17, 15) is 27.2 Å². The van der Waals surface area contributed by atoms with Gasteiger partial charge in [-0.1, -0.05) is 36.4 Å². The molecule has 0 N–H and O–H groups in total. The SMILES string of the molecule is COC(=O)[C@H]1c2ccc(OCc3ccccc3)cc2CCN1C(=O)C(C)(F)C(F)(F)F. The Morgan fingerprint density at radius 2 is 1.77 bits per heavy atom. The van der Waals surface area contributed by atoms with E-state index in [4.69, 9.17) is 9.47 Å². The first-order chi connectivity index (χ1) is 14.6. The van der Waals surface area contributed by atoms with Crippen LogP contribution in [0.3, 0.4) is 0 Å². The largest absolute Gasteiger partial charge is 0.489 e. The standard InChI is InChI=1S/C22H21F4NO4/c1-21(23,22(24,25)26)20(29)27-11-10-15-12-16(31-13-14-6-4-3-5-7-14)8-9-17(15)18(27)19(28)30-2/h3-9,12,18H,10-11,13H2,1-2H3/t18-,21?/m1/s1.